The fourth-order valence-corrected chi connectivity index (χ4v) is 1.16. The number of nitrogens with two attached hydrogens (primary N) is 1. The third-order valence-electron chi connectivity index (χ3n) is 1.57. The lowest BCUT2D eigenvalue weighted by atomic mass is 10.2. The molecule has 70 valence electrons. The highest BCUT2D eigenvalue weighted by atomic mass is 35.5. The molecule has 0 unspecified atom stereocenters. The van der Waals surface area contributed by atoms with Crippen molar-refractivity contribution in [1.29, 1.82) is 0 Å². The minimum absolute atomic E-state index is 0.172. The lowest BCUT2D eigenvalue weighted by molar-refractivity contribution is -0.117. The van der Waals surface area contributed by atoms with Crippen molar-refractivity contribution in [1.82, 2.24) is 5.32 Å². The Morgan fingerprint density at radius 1 is 1.46 bits per heavy atom. The van der Waals surface area contributed by atoms with Crippen LogP contribution in [0.3, 0.4) is 0 Å². The van der Waals surface area contributed by atoms with Crippen LogP contribution in [0.2, 0.25) is 5.02 Å². The van der Waals surface area contributed by atoms with E-state index in [1.165, 1.54) is 0 Å². The summed E-state index contributed by atoms with van der Waals surface area (Å²) in [6.45, 7) is 0.730. The summed E-state index contributed by atoms with van der Waals surface area (Å²) < 4.78 is 0. The van der Waals surface area contributed by atoms with E-state index in [9.17, 15) is 4.79 Å². The molecule has 1 aromatic rings. The molecule has 0 spiro atoms. The van der Waals surface area contributed by atoms with Crippen LogP contribution in [0.25, 0.3) is 0 Å². The number of nitrogens with one attached hydrogen (secondary N) is 1. The van der Waals surface area contributed by atoms with Gasteiger partial charge in [0.05, 0.1) is 6.54 Å². The van der Waals surface area contributed by atoms with Crippen molar-refractivity contribution >= 4 is 17.5 Å². The van der Waals surface area contributed by atoms with Gasteiger partial charge in [0.15, 0.2) is 0 Å². The Hall–Kier alpha value is -1.06. The van der Waals surface area contributed by atoms with Crippen LogP contribution in [0.15, 0.2) is 24.3 Å². The van der Waals surface area contributed by atoms with E-state index in [0.717, 1.165) is 5.56 Å². The van der Waals surface area contributed by atoms with Crippen LogP contribution in [-0.4, -0.2) is 12.5 Å². The SMILES string of the molecule is NC(=O)CNCc1ccccc1Cl. The third-order valence-corrected chi connectivity index (χ3v) is 1.94. The van der Waals surface area contributed by atoms with Gasteiger partial charge in [0, 0.05) is 11.6 Å². The fourth-order valence-electron chi connectivity index (χ4n) is 0.962. The van der Waals surface area contributed by atoms with Crippen LogP contribution in [0, 0.1) is 0 Å². The van der Waals surface area contributed by atoms with Crippen molar-refractivity contribution in [2.45, 2.75) is 6.54 Å². The highest BCUT2D eigenvalue weighted by molar-refractivity contribution is 6.31. The number of hydrogen-bond donors (Lipinski definition) is 2. The first-order valence-corrected chi connectivity index (χ1v) is 4.30. The number of hydrogen-bond acceptors (Lipinski definition) is 2. The van der Waals surface area contributed by atoms with Crippen LogP contribution in [0.4, 0.5) is 0 Å². The van der Waals surface area contributed by atoms with E-state index in [1.807, 2.05) is 24.3 Å². The summed E-state index contributed by atoms with van der Waals surface area (Å²) in [6, 6.07) is 7.46. The zero-order valence-electron chi connectivity index (χ0n) is 7.09. The van der Waals surface area contributed by atoms with Gasteiger partial charge >= 0.3 is 0 Å². The average molecular weight is 199 g/mol. The highest BCUT2D eigenvalue weighted by Gasteiger charge is 1.98. The molecular weight excluding hydrogens is 188 g/mol. The molecular formula is C9H11ClN2O. The van der Waals surface area contributed by atoms with Gasteiger partial charge in [0.2, 0.25) is 5.91 Å². The highest BCUT2D eigenvalue weighted by Crippen LogP contribution is 2.13. The van der Waals surface area contributed by atoms with Gasteiger partial charge in [0.1, 0.15) is 0 Å². The smallest absolute Gasteiger partial charge is 0.231 e. The molecule has 0 aliphatic rings. The van der Waals surface area contributed by atoms with Crippen LogP contribution < -0.4 is 11.1 Å². The van der Waals surface area contributed by atoms with Gasteiger partial charge in [-0.25, -0.2) is 0 Å². The third kappa shape index (κ3) is 3.44. The molecule has 0 aliphatic carbocycles. The van der Waals surface area contributed by atoms with Gasteiger partial charge in [-0.15, -0.1) is 0 Å². The summed E-state index contributed by atoms with van der Waals surface area (Å²) in [7, 11) is 0. The molecule has 4 heteroatoms. The Labute approximate surface area is 81.9 Å². The van der Waals surface area contributed by atoms with Gasteiger partial charge in [-0.05, 0) is 11.6 Å². The summed E-state index contributed by atoms with van der Waals surface area (Å²) in [4.78, 5) is 10.4. The minimum Gasteiger partial charge on any atom is -0.369 e. The van der Waals surface area contributed by atoms with Crippen molar-refractivity contribution < 1.29 is 4.79 Å². The van der Waals surface area contributed by atoms with Crippen molar-refractivity contribution in [2.24, 2.45) is 5.73 Å². The average Bonchev–Trinajstić information content (AvgIpc) is 2.08. The number of amides is 1. The lowest BCUT2D eigenvalue weighted by Crippen LogP contribution is -2.28. The Morgan fingerprint density at radius 3 is 2.77 bits per heavy atom. The molecule has 3 nitrogen and oxygen atoms in total. The second-order valence-electron chi connectivity index (χ2n) is 2.66. The fraction of sp³-hybridized carbons (Fsp3) is 0.222. The molecule has 0 fully saturated rings. The van der Waals surface area contributed by atoms with E-state index in [0.29, 0.717) is 11.6 Å². The van der Waals surface area contributed by atoms with E-state index < -0.39 is 0 Å². The van der Waals surface area contributed by atoms with E-state index in [1.54, 1.807) is 0 Å². The van der Waals surface area contributed by atoms with E-state index in [-0.39, 0.29) is 12.5 Å². The minimum atomic E-state index is -0.368. The van der Waals surface area contributed by atoms with Crippen molar-refractivity contribution in [2.75, 3.05) is 6.54 Å². The number of rotatable bonds is 4. The summed E-state index contributed by atoms with van der Waals surface area (Å²) in [5, 5.41) is 3.58. The summed E-state index contributed by atoms with van der Waals surface area (Å²) in [5.74, 6) is -0.368. The first-order valence-electron chi connectivity index (χ1n) is 3.92. The van der Waals surface area contributed by atoms with Gasteiger partial charge in [-0.2, -0.15) is 0 Å². The number of carbonyl (C=O) groups excluding carboxylic acids is 1. The summed E-state index contributed by atoms with van der Waals surface area (Å²) >= 11 is 5.88. The molecule has 0 radical (unpaired) electrons. The molecule has 0 bridgehead atoms. The second-order valence-corrected chi connectivity index (χ2v) is 3.07. The normalized spacial score (nSPS) is 9.92. The molecule has 0 aliphatic heterocycles. The zero-order chi connectivity index (χ0) is 9.68. The maximum atomic E-state index is 10.4. The Bertz CT molecular complexity index is 301. The molecule has 1 aromatic carbocycles. The first-order chi connectivity index (χ1) is 6.20. The zero-order valence-corrected chi connectivity index (χ0v) is 7.84. The monoisotopic (exact) mass is 198 g/mol. The molecule has 0 heterocycles. The van der Waals surface area contributed by atoms with E-state index >= 15 is 0 Å². The first kappa shape index (κ1) is 10.0. The molecule has 1 rings (SSSR count). The Kier molecular flexibility index (Phi) is 3.73. The number of primary amides is 1. The Morgan fingerprint density at radius 2 is 2.15 bits per heavy atom. The largest absolute Gasteiger partial charge is 0.369 e. The maximum Gasteiger partial charge on any atom is 0.231 e. The second kappa shape index (κ2) is 4.84. The summed E-state index contributed by atoms with van der Waals surface area (Å²) in [5.41, 5.74) is 5.92. The van der Waals surface area contributed by atoms with Crippen LogP contribution in [0.1, 0.15) is 5.56 Å². The van der Waals surface area contributed by atoms with Crippen molar-refractivity contribution in [3.8, 4) is 0 Å². The van der Waals surface area contributed by atoms with Crippen molar-refractivity contribution in [3.63, 3.8) is 0 Å². The molecule has 0 aromatic heterocycles. The Balaban J connectivity index is 2.45. The molecule has 0 saturated heterocycles. The maximum absolute atomic E-state index is 10.4. The van der Waals surface area contributed by atoms with Gasteiger partial charge < -0.3 is 11.1 Å². The van der Waals surface area contributed by atoms with Gasteiger partial charge in [0.25, 0.3) is 0 Å². The molecule has 13 heavy (non-hydrogen) atoms. The predicted molar refractivity (Wildman–Crippen MR) is 52.4 cm³/mol. The van der Waals surface area contributed by atoms with Crippen molar-refractivity contribution in [3.05, 3.63) is 34.9 Å². The topological polar surface area (TPSA) is 55.1 Å². The number of carbonyl (C=O) groups is 1. The van der Waals surface area contributed by atoms with Crippen LogP contribution in [-0.2, 0) is 11.3 Å². The molecule has 3 N–H and O–H groups in total. The van der Waals surface area contributed by atoms with Crippen LogP contribution >= 0.6 is 11.6 Å². The number of benzene rings is 1. The van der Waals surface area contributed by atoms with E-state index in [2.05, 4.69) is 5.32 Å². The molecule has 0 saturated carbocycles. The van der Waals surface area contributed by atoms with Crippen LogP contribution in [0.5, 0.6) is 0 Å². The predicted octanol–water partition coefficient (Wildman–Crippen LogP) is 0.915. The summed E-state index contributed by atoms with van der Waals surface area (Å²) in [6.07, 6.45) is 0. The molecule has 1 amide bonds. The molecule has 0 atom stereocenters. The lowest BCUT2D eigenvalue weighted by Gasteiger charge is -2.03. The van der Waals surface area contributed by atoms with Gasteiger partial charge in [-0.1, -0.05) is 29.8 Å². The van der Waals surface area contributed by atoms with E-state index in [4.69, 9.17) is 17.3 Å². The van der Waals surface area contributed by atoms with Gasteiger partial charge in [-0.3, -0.25) is 4.79 Å². The quantitative estimate of drug-likeness (QED) is 0.756. The number of halogens is 1. The standard InChI is InChI=1S/C9H11ClN2O/c10-8-4-2-1-3-7(8)5-12-6-9(11)13/h1-4,12H,5-6H2,(H2,11,13).